The third-order valence-electron chi connectivity index (χ3n) is 2.20. The highest BCUT2D eigenvalue weighted by molar-refractivity contribution is 5.91. The molecule has 0 bridgehead atoms. The van der Waals surface area contributed by atoms with Crippen LogP contribution in [0, 0.1) is 5.92 Å². The van der Waals surface area contributed by atoms with E-state index in [0.29, 0.717) is 0 Å². The van der Waals surface area contributed by atoms with Crippen LogP contribution in [0.25, 0.3) is 0 Å². The summed E-state index contributed by atoms with van der Waals surface area (Å²) in [7, 11) is 0. The molecule has 0 aliphatic rings. The maximum atomic E-state index is 11.3. The number of hydrogen-bond acceptors (Lipinski definition) is 6. The predicted octanol–water partition coefficient (Wildman–Crippen LogP) is -1.37. The second-order valence-corrected chi connectivity index (χ2v) is 4.12. The van der Waals surface area contributed by atoms with Gasteiger partial charge >= 0.3 is 11.9 Å². The number of carbonyl (C=O) groups is 3. The monoisotopic (exact) mass is 245 g/mol. The molecule has 0 radical (unpaired) electrons. The topological polar surface area (TPSA) is 138 Å². The SMILES string of the molecule is CC(C)[C@@H](N)C(=O)OC(=O)[C@H](N)CCC(N)=O. The molecular weight excluding hydrogens is 226 g/mol. The maximum absolute atomic E-state index is 11.3. The number of nitrogens with two attached hydrogens (primary N) is 3. The van der Waals surface area contributed by atoms with Crippen LogP contribution >= 0.6 is 0 Å². The highest BCUT2D eigenvalue weighted by Gasteiger charge is 2.25. The second-order valence-electron chi connectivity index (χ2n) is 4.12. The Morgan fingerprint density at radius 2 is 1.65 bits per heavy atom. The average Bonchev–Trinajstić information content (AvgIpc) is 2.24. The van der Waals surface area contributed by atoms with Crippen LogP contribution in [0.15, 0.2) is 0 Å². The van der Waals surface area contributed by atoms with Gasteiger partial charge in [0, 0.05) is 6.42 Å². The zero-order chi connectivity index (χ0) is 13.6. The molecule has 98 valence electrons. The molecule has 0 saturated carbocycles. The Morgan fingerprint density at radius 3 is 2.06 bits per heavy atom. The van der Waals surface area contributed by atoms with Crippen molar-refractivity contribution in [2.75, 3.05) is 0 Å². The van der Waals surface area contributed by atoms with Crippen molar-refractivity contribution in [2.24, 2.45) is 23.1 Å². The second kappa shape index (κ2) is 6.97. The van der Waals surface area contributed by atoms with Crippen molar-refractivity contribution < 1.29 is 19.1 Å². The van der Waals surface area contributed by atoms with Crippen LogP contribution in [0.2, 0.25) is 0 Å². The summed E-state index contributed by atoms with van der Waals surface area (Å²) in [5.74, 6) is -2.43. The Morgan fingerprint density at radius 1 is 1.12 bits per heavy atom. The molecule has 7 nitrogen and oxygen atoms in total. The van der Waals surface area contributed by atoms with E-state index in [1.165, 1.54) is 0 Å². The first-order valence-corrected chi connectivity index (χ1v) is 5.30. The third-order valence-corrected chi connectivity index (χ3v) is 2.20. The third kappa shape index (κ3) is 5.98. The molecular formula is C10H19N3O4. The summed E-state index contributed by atoms with van der Waals surface area (Å²) in [5.41, 5.74) is 15.8. The number of hydrogen-bond donors (Lipinski definition) is 3. The Balaban J connectivity index is 4.16. The minimum Gasteiger partial charge on any atom is -0.391 e. The van der Waals surface area contributed by atoms with Gasteiger partial charge < -0.3 is 21.9 Å². The van der Waals surface area contributed by atoms with Crippen molar-refractivity contribution in [3.8, 4) is 0 Å². The lowest BCUT2D eigenvalue weighted by Gasteiger charge is -2.15. The maximum Gasteiger partial charge on any atom is 0.330 e. The van der Waals surface area contributed by atoms with Gasteiger partial charge in [0.15, 0.2) is 0 Å². The van der Waals surface area contributed by atoms with Gasteiger partial charge in [-0.25, -0.2) is 9.59 Å². The van der Waals surface area contributed by atoms with Crippen LogP contribution in [0.4, 0.5) is 0 Å². The number of amides is 1. The smallest absolute Gasteiger partial charge is 0.330 e. The number of ether oxygens (including phenoxy) is 1. The first kappa shape index (κ1) is 15.5. The van der Waals surface area contributed by atoms with E-state index in [1.54, 1.807) is 13.8 Å². The zero-order valence-corrected chi connectivity index (χ0v) is 10.0. The Labute approximate surface area is 99.6 Å². The van der Waals surface area contributed by atoms with E-state index in [4.69, 9.17) is 17.2 Å². The molecule has 1 amide bonds. The minimum absolute atomic E-state index is 0.0400. The van der Waals surface area contributed by atoms with Crippen molar-refractivity contribution in [1.29, 1.82) is 0 Å². The van der Waals surface area contributed by atoms with E-state index in [1.807, 2.05) is 0 Å². The fourth-order valence-corrected chi connectivity index (χ4v) is 0.931. The highest BCUT2D eigenvalue weighted by atomic mass is 16.6. The van der Waals surface area contributed by atoms with Crippen LogP contribution in [-0.4, -0.2) is 29.9 Å². The Kier molecular flexibility index (Phi) is 6.37. The largest absolute Gasteiger partial charge is 0.391 e. The molecule has 0 unspecified atom stereocenters. The van der Waals surface area contributed by atoms with Gasteiger partial charge in [-0.15, -0.1) is 0 Å². The molecule has 0 saturated heterocycles. The summed E-state index contributed by atoms with van der Waals surface area (Å²) in [5, 5.41) is 0. The van der Waals surface area contributed by atoms with Gasteiger partial charge in [0.2, 0.25) is 5.91 Å². The first-order valence-electron chi connectivity index (χ1n) is 5.30. The molecule has 0 spiro atoms. The average molecular weight is 245 g/mol. The quantitative estimate of drug-likeness (QED) is 0.390. The molecule has 0 aliphatic carbocycles. The van der Waals surface area contributed by atoms with Crippen molar-refractivity contribution in [3.05, 3.63) is 0 Å². The number of primary amides is 1. The van der Waals surface area contributed by atoms with E-state index in [9.17, 15) is 14.4 Å². The lowest BCUT2D eigenvalue weighted by Crippen LogP contribution is -2.42. The lowest BCUT2D eigenvalue weighted by molar-refractivity contribution is -0.162. The Bertz CT molecular complexity index is 304. The lowest BCUT2D eigenvalue weighted by atomic mass is 10.1. The molecule has 0 aromatic carbocycles. The van der Waals surface area contributed by atoms with Gasteiger partial charge in [0.25, 0.3) is 0 Å². The highest BCUT2D eigenvalue weighted by Crippen LogP contribution is 2.03. The van der Waals surface area contributed by atoms with E-state index in [2.05, 4.69) is 4.74 Å². The summed E-state index contributed by atoms with van der Waals surface area (Å²) < 4.78 is 4.49. The van der Waals surface area contributed by atoms with Crippen LogP contribution < -0.4 is 17.2 Å². The fraction of sp³-hybridized carbons (Fsp3) is 0.700. The van der Waals surface area contributed by atoms with Crippen molar-refractivity contribution in [1.82, 2.24) is 0 Å². The standard InChI is InChI=1S/C10H19N3O4/c1-5(2)8(13)10(16)17-9(15)6(11)3-4-7(12)14/h5-6,8H,3-4,11,13H2,1-2H3,(H2,12,14)/t6-,8-/m1/s1. The van der Waals surface area contributed by atoms with E-state index < -0.39 is 29.9 Å². The summed E-state index contributed by atoms with van der Waals surface area (Å²) in [6.45, 7) is 3.45. The summed E-state index contributed by atoms with van der Waals surface area (Å²) in [6, 6.07) is -1.92. The zero-order valence-electron chi connectivity index (χ0n) is 10.0. The van der Waals surface area contributed by atoms with Crippen LogP contribution in [0.5, 0.6) is 0 Å². The molecule has 0 rings (SSSR count). The molecule has 7 heteroatoms. The molecule has 6 N–H and O–H groups in total. The van der Waals surface area contributed by atoms with E-state index >= 15 is 0 Å². The van der Waals surface area contributed by atoms with E-state index in [0.717, 1.165) is 0 Å². The predicted molar refractivity (Wildman–Crippen MR) is 60.3 cm³/mol. The summed E-state index contributed by atoms with van der Waals surface area (Å²) in [6.07, 6.45) is -0.000938. The Hall–Kier alpha value is -1.47. The van der Waals surface area contributed by atoms with Crippen molar-refractivity contribution >= 4 is 17.8 Å². The van der Waals surface area contributed by atoms with Gasteiger partial charge in [0.05, 0.1) is 0 Å². The number of rotatable bonds is 6. The van der Waals surface area contributed by atoms with Crippen LogP contribution in [0.3, 0.4) is 0 Å². The van der Waals surface area contributed by atoms with Crippen molar-refractivity contribution in [2.45, 2.75) is 38.8 Å². The first-order chi connectivity index (χ1) is 7.75. The molecule has 2 atom stereocenters. The molecule has 0 aromatic heterocycles. The fourth-order valence-electron chi connectivity index (χ4n) is 0.931. The van der Waals surface area contributed by atoms with Gasteiger partial charge in [-0.05, 0) is 12.3 Å². The number of esters is 2. The molecule has 17 heavy (non-hydrogen) atoms. The van der Waals surface area contributed by atoms with Gasteiger partial charge in [0.1, 0.15) is 12.1 Å². The van der Waals surface area contributed by atoms with Crippen LogP contribution in [0.1, 0.15) is 26.7 Å². The van der Waals surface area contributed by atoms with Crippen molar-refractivity contribution in [3.63, 3.8) is 0 Å². The summed E-state index contributed by atoms with van der Waals surface area (Å²) in [4.78, 5) is 33.1. The summed E-state index contributed by atoms with van der Waals surface area (Å²) >= 11 is 0. The minimum atomic E-state index is -1.05. The number of carbonyl (C=O) groups excluding carboxylic acids is 3. The molecule has 0 aliphatic heterocycles. The van der Waals surface area contributed by atoms with E-state index in [-0.39, 0.29) is 18.8 Å². The molecule has 0 heterocycles. The van der Waals surface area contributed by atoms with Gasteiger partial charge in [-0.2, -0.15) is 0 Å². The normalized spacial score (nSPS) is 14.2. The molecule has 0 aromatic rings. The van der Waals surface area contributed by atoms with Crippen LogP contribution in [-0.2, 0) is 19.1 Å². The molecule has 0 fully saturated rings. The van der Waals surface area contributed by atoms with Gasteiger partial charge in [-0.1, -0.05) is 13.8 Å². The van der Waals surface area contributed by atoms with Gasteiger partial charge in [-0.3, -0.25) is 4.79 Å².